The Hall–Kier alpha value is -1.59. The molecule has 6 heteroatoms. The number of hydrogen-bond acceptors (Lipinski definition) is 3. The summed E-state index contributed by atoms with van der Waals surface area (Å²) >= 11 is 0. The van der Waals surface area contributed by atoms with E-state index < -0.39 is 0 Å². The molecule has 1 heterocycles. The van der Waals surface area contributed by atoms with Gasteiger partial charge in [0.1, 0.15) is 0 Å². The van der Waals surface area contributed by atoms with Crippen molar-refractivity contribution in [2.45, 2.75) is 64.0 Å². The van der Waals surface area contributed by atoms with E-state index in [0.717, 1.165) is 55.5 Å². The lowest BCUT2D eigenvalue weighted by molar-refractivity contribution is -0.146. The Labute approximate surface area is 185 Å². The lowest BCUT2D eigenvalue weighted by Gasteiger charge is -2.55. The molecule has 0 aromatic heterocycles. The standard InChI is InChI=1S/C24H33N3O2.ClH/c28-22(26-15-21-2-1-7-25-21)20-5-3-16(4-6-20)14-27-23(29)24-11-17-8-18(12-24)10-19(9-17)13-24;/h3-6,17-19,21,25H,1-2,7-15H2,(H,26,28)(H,27,29);1H. The number of carbonyl (C=O) groups is 2. The van der Waals surface area contributed by atoms with Crippen LogP contribution in [0.4, 0.5) is 0 Å². The van der Waals surface area contributed by atoms with E-state index in [-0.39, 0.29) is 29.6 Å². The summed E-state index contributed by atoms with van der Waals surface area (Å²) in [6.07, 6.45) is 9.67. The van der Waals surface area contributed by atoms with Gasteiger partial charge in [-0.25, -0.2) is 0 Å². The normalized spacial score (nSPS) is 33.7. The molecule has 5 aliphatic rings. The second-order valence-electron chi connectivity index (χ2n) is 10.1. The van der Waals surface area contributed by atoms with E-state index in [2.05, 4.69) is 16.0 Å². The van der Waals surface area contributed by atoms with Crippen LogP contribution in [0, 0.1) is 23.2 Å². The molecule has 5 nitrogen and oxygen atoms in total. The van der Waals surface area contributed by atoms with Crippen molar-refractivity contribution in [1.82, 2.24) is 16.0 Å². The summed E-state index contributed by atoms with van der Waals surface area (Å²) in [6, 6.07) is 8.05. The van der Waals surface area contributed by atoms with Crippen molar-refractivity contribution in [3.63, 3.8) is 0 Å². The molecule has 1 aliphatic heterocycles. The molecule has 5 fully saturated rings. The van der Waals surface area contributed by atoms with Gasteiger partial charge in [-0.3, -0.25) is 9.59 Å². The third-order valence-electron chi connectivity index (χ3n) is 7.86. The molecule has 6 rings (SSSR count). The third-order valence-corrected chi connectivity index (χ3v) is 7.86. The molecule has 4 saturated carbocycles. The van der Waals surface area contributed by atoms with Crippen LogP contribution >= 0.6 is 12.4 Å². The van der Waals surface area contributed by atoms with Crippen LogP contribution < -0.4 is 16.0 Å². The Kier molecular flexibility index (Phi) is 6.40. The Bertz CT molecular complexity index is 738. The lowest BCUT2D eigenvalue weighted by atomic mass is 9.49. The first-order valence-electron chi connectivity index (χ1n) is 11.5. The van der Waals surface area contributed by atoms with Gasteiger partial charge >= 0.3 is 0 Å². The SMILES string of the molecule is Cl.O=C(NCC1CCCN1)c1ccc(CNC(=O)C23CC4CC(CC(C4)C2)C3)cc1. The first-order valence-corrected chi connectivity index (χ1v) is 11.5. The quantitative estimate of drug-likeness (QED) is 0.646. The summed E-state index contributed by atoms with van der Waals surface area (Å²) in [7, 11) is 0. The molecular formula is C24H34ClN3O2. The molecule has 0 radical (unpaired) electrons. The first kappa shape index (κ1) is 21.6. The second-order valence-corrected chi connectivity index (χ2v) is 10.1. The number of halogens is 1. The highest BCUT2D eigenvalue weighted by Gasteiger charge is 2.54. The van der Waals surface area contributed by atoms with Crippen LogP contribution in [0.3, 0.4) is 0 Å². The zero-order valence-electron chi connectivity index (χ0n) is 17.6. The first-order chi connectivity index (χ1) is 14.1. The molecule has 3 N–H and O–H groups in total. The van der Waals surface area contributed by atoms with E-state index >= 15 is 0 Å². The van der Waals surface area contributed by atoms with E-state index in [4.69, 9.17) is 0 Å². The summed E-state index contributed by atoms with van der Waals surface area (Å²) in [6.45, 7) is 2.28. The van der Waals surface area contributed by atoms with Gasteiger partial charge in [0.15, 0.2) is 0 Å². The van der Waals surface area contributed by atoms with Gasteiger partial charge in [-0.05, 0) is 93.4 Å². The number of nitrogens with one attached hydrogen (secondary N) is 3. The molecule has 4 aliphatic carbocycles. The minimum atomic E-state index is -0.0944. The van der Waals surface area contributed by atoms with E-state index in [1.165, 1.54) is 25.7 Å². The molecular weight excluding hydrogens is 398 g/mol. The van der Waals surface area contributed by atoms with E-state index in [0.29, 0.717) is 24.7 Å². The Morgan fingerprint density at radius 1 is 0.967 bits per heavy atom. The molecule has 164 valence electrons. The van der Waals surface area contributed by atoms with Gasteiger partial charge in [0, 0.05) is 30.1 Å². The molecule has 30 heavy (non-hydrogen) atoms. The largest absolute Gasteiger partial charge is 0.352 e. The third kappa shape index (κ3) is 4.38. The van der Waals surface area contributed by atoms with Crippen LogP contribution in [-0.2, 0) is 11.3 Å². The molecule has 1 saturated heterocycles. The summed E-state index contributed by atoms with van der Waals surface area (Å²) in [5.74, 6) is 2.59. The van der Waals surface area contributed by atoms with Gasteiger partial charge in [-0.15, -0.1) is 12.4 Å². The molecule has 1 aromatic rings. The molecule has 1 atom stereocenters. The summed E-state index contributed by atoms with van der Waals surface area (Å²) in [5, 5.41) is 9.62. The van der Waals surface area contributed by atoms with E-state index in [9.17, 15) is 9.59 Å². The van der Waals surface area contributed by atoms with Crippen molar-refractivity contribution in [3.05, 3.63) is 35.4 Å². The van der Waals surface area contributed by atoms with Crippen LogP contribution in [0.25, 0.3) is 0 Å². The van der Waals surface area contributed by atoms with E-state index in [1.807, 2.05) is 24.3 Å². The Morgan fingerprint density at radius 2 is 1.60 bits per heavy atom. The van der Waals surface area contributed by atoms with E-state index in [1.54, 1.807) is 0 Å². The van der Waals surface area contributed by atoms with Crippen LogP contribution in [-0.4, -0.2) is 30.9 Å². The Morgan fingerprint density at radius 3 is 2.17 bits per heavy atom. The highest BCUT2D eigenvalue weighted by atomic mass is 35.5. The number of hydrogen-bond donors (Lipinski definition) is 3. The van der Waals surface area contributed by atoms with Crippen LogP contribution in [0.2, 0.25) is 0 Å². The maximum Gasteiger partial charge on any atom is 0.251 e. The highest BCUT2D eigenvalue weighted by Crippen LogP contribution is 2.60. The average molecular weight is 432 g/mol. The summed E-state index contributed by atoms with van der Waals surface area (Å²) in [4.78, 5) is 25.4. The van der Waals surface area contributed by atoms with Crippen molar-refractivity contribution in [2.75, 3.05) is 13.1 Å². The van der Waals surface area contributed by atoms with Crippen LogP contribution in [0.15, 0.2) is 24.3 Å². The van der Waals surface area contributed by atoms with Crippen LogP contribution in [0.5, 0.6) is 0 Å². The van der Waals surface area contributed by atoms with Crippen molar-refractivity contribution in [1.29, 1.82) is 0 Å². The maximum absolute atomic E-state index is 13.1. The van der Waals surface area contributed by atoms with Crippen molar-refractivity contribution >= 4 is 24.2 Å². The van der Waals surface area contributed by atoms with Crippen molar-refractivity contribution in [2.24, 2.45) is 23.2 Å². The number of carbonyl (C=O) groups excluding carboxylic acids is 2. The minimum absolute atomic E-state index is 0. The fourth-order valence-electron chi connectivity index (χ4n) is 6.78. The van der Waals surface area contributed by atoms with Gasteiger partial charge in [-0.1, -0.05) is 12.1 Å². The van der Waals surface area contributed by atoms with Gasteiger partial charge in [-0.2, -0.15) is 0 Å². The fourth-order valence-corrected chi connectivity index (χ4v) is 6.78. The van der Waals surface area contributed by atoms with Gasteiger partial charge in [0.05, 0.1) is 0 Å². The molecule has 4 bridgehead atoms. The van der Waals surface area contributed by atoms with Crippen molar-refractivity contribution in [3.8, 4) is 0 Å². The summed E-state index contributed by atoms with van der Waals surface area (Å²) < 4.78 is 0. The topological polar surface area (TPSA) is 70.2 Å². The Balaban J connectivity index is 0.00000218. The second kappa shape index (κ2) is 8.88. The minimum Gasteiger partial charge on any atom is -0.352 e. The maximum atomic E-state index is 13.1. The predicted octanol–water partition coefficient (Wildman–Crippen LogP) is 3.42. The zero-order chi connectivity index (χ0) is 19.8. The number of benzene rings is 1. The molecule has 2 amide bonds. The van der Waals surface area contributed by atoms with Gasteiger partial charge < -0.3 is 16.0 Å². The predicted molar refractivity (Wildman–Crippen MR) is 119 cm³/mol. The van der Waals surface area contributed by atoms with Gasteiger partial charge in [0.25, 0.3) is 5.91 Å². The number of amides is 2. The average Bonchev–Trinajstić information content (AvgIpc) is 3.23. The number of rotatable bonds is 6. The fraction of sp³-hybridized carbons (Fsp3) is 0.667. The van der Waals surface area contributed by atoms with Crippen LogP contribution in [0.1, 0.15) is 67.3 Å². The zero-order valence-corrected chi connectivity index (χ0v) is 18.4. The molecule has 1 unspecified atom stereocenters. The molecule has 0 spiro atoms. The smallest absolute Gasteiger partial charge is 0.251 e. The monoisotopic (exact) mass is 431 g/mol. The van der Waals surface area contributed by atoms with Crippen molar-refractivity contribution < 1.29 is 9.59 Å². The molecule has 1 aromatic carbocycles. The highest BCUT2D eigenvalue weighted by molar-refractivity contribution is 5.94. The summed E-state index contributed by atoms with van der Waals surface area (Å²) in [5.41, 5.74) is 1.64. The lowest BCUT2D eigenvalue weighted by Crippen LogP contribution is -2.53. The van der Waals surface area contributed by atoms with Gasteiger partial charge in [0.2, 0.25) is 5.91 Å².